The molecule has 0 saturated heterocycles. The van der Waals surface area contributed by atoms with E-state index in [0.717, 1.165) is 30.6 Å². The van der Waals surface area contributed by atoms with Crippen LogP contribution < -0.4 is 9.47 Å². The molecule has 0 bridgehead atoms. The lowest BCUT2D eigenvalue weighted by Gasteiger charge is -2.37. The molecule has 4 nitrogen and oxygen atoms in total. The van der Waals surface area contributed by atoms with E-state index in [0.29, 0.717) is 17.1 Å². The van der Waals surface area contributed by atoms with Crippen LogP contribution in [0.4, 0.5) is 0 Å². The second-order valence-electron chi connectivity index (χ2n) is 8.58. The maximum Gasteiger partial charge on any atom is 0.338 e. The van der Waals surface area contributed by atoms with Crippen LogP contribution in [-0.2, 0) is 4.74 Å². The molecule has 0 atom stereocenters. The minimum atomic E-state index is -0.260. The molecule has 0 heterocycles. The van der Waals surface area contributed by atoms with Gasteiger partial charge in [0, 0.05) is 0 Å². The maximum atomic E-state index is 12.5. The van der Waals surface area contributed by atoms with Gasteiger partial charge in [0.2, 0.25) is 0 Å². The fourth-order valence-corrected chi connectivity index (χ4v) is 5.22. The minimum absolute atomic E-state index is 0.0493. The van der Waals surface area contributed by atoms with Gasteiger partial charge in [0.25, 0.3) is 0 Å². The van der Waals surface area contributed by atoms with Crippen LogP contribution in [-0.4, -0.2) is 26.3 Å². The van der Waals surface area contributed by atoms with Crippen LogP contribution in [0.25, 0.3) is 0 Å². The van der Waals surface area contributed by atoms with Crippen molar-refractivity contribution in [2.24, 2.45) is 17.8 Å². The van der Waals surface area contributed by atoms with Crippen LogP contribution in [0.5, 0.6) is 11.5 Å². The summed E-state index contributed by atoms with van der Waals surface area (Å²) >= 11 is 0. The van der Waals surface area contributed by atoms with E-state index in [-0.39, 0.29) is 12.1 Å². The van der Waals surface area contributed by atoms with Gasteiger partial charge in [-0.2, -0.15) is 0 Å². The normalized spacial score (nSPS) is 27.8. The van der Waals surface area contributed by atoms with Crippen molar-refractivity contribution in [2.75, 3.05) is 14.2 Å². The van der Waals surface area contributed by atoms with Crippen molar-refractivity contribution in [3.63, 3.8) is 0 Å². The summed E-state index contributed by atoms with van der Waals surface area (Å²) in [7, 11) is 3.16. The van der Waals surface area contributed by atoms with Gasteiger partial charge in [-0.1, -0.05) is 32.6 Å². The van der Waals surface area contributed by atoms with E-state index in [4.69, 9.17) is 14.2 Å². The SMILES string of the molecule is CCCC1CCC(C2CCC(OC(=O)c3ccc(OC)c(OC)c3)CC2)CC1. The second kappa shape index (κ2) is 10.2. The highest BCUT2D eigenvalue weighted by Gasteiger charge is 2.32. The molecule has 2 aliphatic rings. The fraction of sp³-hybridized carbons (Fsp3) is 0.708. The molecule has 0 N–H and O–H groups in total. The lowest BCUT2D eigenvalue weighted by atomic mass is 9.70. The Hall–Kier alpha value is -1.71. The lowest BCUT2D eigenvalue weighted by Crippen LogP contribution is -2.29. The molecule has 0 spiro atoms. The number of rotatable bonds is 7. The Bertz CT molecular complexity index is 625. The molecule has 0 aromatic heterocycles. The Balaban J connectivity index is 1.46. The quantitative estimate of drug-likeness (QED) is 0.535. The van der Waals surface area contributed by atoms with Gasteiger partial charge >= 0.3 is 5.97 Å². The summed E-state index contributed by atoms with van der Waals surface area (Å²) in [5.74, 6) is 3.62. The van der Waals surface area contributed by atoms with Gasteiger partial charge in [-0.15, -0.1) is 0 Å². The van der Waals surface area contributed by atoms with Gasteiger partial charge in [-0.05, 0) is 74.5 Å². The Morgan fingerprint density at radius 1 is 0.893 bits per heavy atom. The second-order valence-corrected chi connectivity index (χ2v) is 8.58. The number of benzene rings is 1. The van der Waals surface area contributed by atoms with Crippen LogP contribution >= 0.6 is 0 Å². The van der Waals surface area contributed by atoms with E-state index in [9.17, 15) is 4.79 Å². The number of ether oxygens (including phenoxy) is 3. The highest BCUT2D eigenvalue weighted by atomic mass is 16.5. The van der Waals surface area contributed by atoms with Gasteiger partial charge in [-0.25, -0.2) is 4.79 Å². The summed E-state index contributed by atoms with van der Waals surface area (Å²) in [4.78, 5) is 12.5. The average Bonchev–Trinajstić information content (AvgIpc) is 2.74. The molecule has 2 saturated carbocycles. The van der Waals surface area contributed by atoms with Crippen molar-refractivity contribution in [1.29, 1.82) is 0 Å². The molecule has 0 amide bonds. The van der Waals surface area contributed by atoms with Gasteiger partial charge in [0.15, 0.2) is 11.5 Å². The first kappa shape index (κ1) is 21.0. The van der Waals surface area contributed by atoms with Crippen LogP contribution in [0.1, 0.15) is 81.5 Å². The predicted octanol–water partition coefficient (Wildman–Crippen LogP) is 6.03. The maximum absolute atomic E-state index is 12.5. The monoisotopic (exact) mass is 388 g/mol. The van der Waals surface area contributed by atoms with Crippen LogP contribution in [0.15, 0.2) is 18.2 Å². The van der Waals surface area contributed by atoms with Crippen molar-refractivity contribution < 1.29 is 19.0 Å². The van der Waals surface area contributed by atoms with Crippen LogP contribution in [0, 0.1) is 17.8 Å². The van der Waals surface area contributed by atoms with Crippen molar-refractivity contribution in [2.45, 2.75) is 77.2 Å². The third-order valence-electron chi connectivity index (χ3n) is 6.87. The third kappa shape index (κ3) is 5.21. The zero-order valence-corrected chi connectivity index (χ0v) is 17.7. The highest BCUT2D eigenvalue weighted by molar-refractivity contribution is 5.90. The zero-order valence-electron chi connectivity index (χ0n) is 17.7. The summed E-state index contributed by atoms with van der Waals surface area (Å²) in [6.45, 7) is 2.30. The molecule has 0 unspecified atom stereocenters. The molecule has 0 radical (unpaired) electrons. The molecular weight excluding hydrogens is 352 g/mol. The van der Waals surface area contributed by atoms with E-state index in [1.807, 2.05) is 0 Å². The van der Waals surface area contributed by atoms with E-state index in [1.54, 1.807) is 32.4 Å². The van der Waals surface area contributed by atoms with Gasteiger partial charge in [0.05, 0.1) is 19.8 Å². The topological polar surface area (TPSA) is 44.8 Å². The van der Waals surface area contributed by atoms with Crippen molar-refractivity contribution in [3.05, 3.63) is 23.8 Å². The number of hydrogen-bond donors (Lipinski definition) is 0. The Morgan fingerprint density at radius 3 is 2.07 bits per heavy atom. The molecule has 4 heteroatoms. The zero-order chi connectivity index (χ0) is 19.9. The molecule has 1 aromatic rings. The van der Waals surface area contributed by atoms with Gasteiger partial charge in [-0.3, -0.25) is 0 Å². The third-order valence-corrected chi connectivity index (χ3v) is 6.87. The predicted molar refractivity (Wildman–Crippen MR) is 111 cm³/mol. The molecular formula is C24H36O4. The first-order chi connectivity index (χ1) is 13.6. The largest absolute Gasteiger partial charge is 0.493 e. The summed E-state index contributed by atoms with van der Waals surface area (Å²) < 4.78 is 16.3. The molecule has 28 heavy (non-hydrogen) atoms. The average molecular weight is 389 g/mol. The first-order valence-corrected chi connectivity index (χ1v) is 11.1. The standard InChI is InChI=1S/C24H36O4/c1-4-5-17-6-8-18(9-7-17)19-10-13-21(14-11-19)28-24(25)20-12-15-22(26-2)23(16-20)27-3/h12,15-19,21H,4-11,13-14H2,1-3H3. The molecule has 3 rings (SSSR count). The fourth-order valence-electron chi connectivity index (χ4n) is 5.22. The van der Waals surface area contributed by atoms with E-state index in [2.05, 4.69) is 6.92 Å². The van der Waals surface area contributed by atoms with Crippen LogP contribution in [0.2, 0.25) is 0 Å². The Labute approximate surface area is 169 Å². The van der Waals surface area contributed by atoms with Crippen LogP contribution in [0.3, 0.4) is 0 Å². The van der Waals surface area contributed by atoms with E-state index in [1.165, 1.54) is 51.4 Å². The smallest absolute Gasteiger partial charge is 0.338 e. The highest BCUT2D eigenvalue weighted by Crippen LogP contribution is 2.41. The van der Waals surface area contributed by atoms with Crippen molar-refractivity contribution in [3.8, 4) is 11.5 Å². The summed E-state index contributed by atoms with van der Waals surface area (Å²) in [5.41, 5.74) is 0.522. The summed E-state index contributed by atoms with van der Waals surface area (Å²) in [6, 6.07) is 5.19. The molecule has 2 aliphatic carbocycles. The van der Waals surface area contributed by atoms with E-state index >= 15 is 0 Å². The number of methoxy groups -OCH3 is 2. The number of esters is 1. The molecule has 1 aromatic carbocycles. The number of hydrogen-bond acceptors (Lipinski definition) is 4. The molecule has 0 aliphatic heterocycles. The van der Waals surface area contributed by atoms with Gasteiger partial charge in [0.1, 0.15) is 6.10 Å². The lowest BCUT2D eigenvalue weighted by molar-refractivity contribution is 0.0109. The Morgan fingerprint density at radius 2 is 1.50 bits per heavy atom. The summed E-state index contributed by atoms with van der Waals surface area (Å²) in [5, 5.41) is 0. The minimum Gasteiger partial charge on any atom is -0.493 e. The molecule has 156 valence electrons. The Kier molecular flexibility index (Phi) is 7.64. The molecule has 2 fully saturated rings. The number of carbonyl (C=O) groups is 1. The van der Waals surface area contributed by atoms with Crippen molar-refractivity contribution >= 4 is 5.97 Å². The summed E-state index contributed by atoms with van der Waals surface area (Å²) in [6.07, 6.45) is 12.8. The van der Waals surface area contributed by atoms with E-state index < -0.39 is 0 Å². The number of carbonyl (C=O) groups excluding carboxylic acids is 1. The first-order valence-electron chi connectivity index (χ1n) is 11.1. The van der Waals surface area contributed by atoms with Gasteiger partial charge < -0.3 is 14.2 Å². The van der Waals surface area contributed by atoms with Crippen molar-refractivity contribution in [1.82, 2.24) is 0 Å².